The third kappa shape index (κ3) is 4.49. The lowest BCUT2D eigenvalue weighted by molar-refractivity contribution is -0.137. The normalized spacial score (nSPS) is 11.4. The fraction of sp³-hybridized carbons (Fsp3) is 0.375. The van der Waals surface area contributed by atoms with E-state index in [-0.39, 0.29) is 11.8 Å². The summed E-state index contributed by atoms with van der Waals surface area (Å²) in [5.74, 6) is -0.229. The maximum absolute atomic E-state index is 13.3. The summed E-state index contributed by atoms with van der Waals surface area (Å²) >= 11 is 2.07. The van der Waals surface area contributed by atoms with Gasteiger partial charge in [0.15, 0.2) is 5.82 Å². The molecule has 0 N–H and O–H groups in total. The van der Waals surface area contributed by atoms with Gasteiger partial charge in [-0.15, -0.1) is 0 Å². The van der Waals surface area contributed by atoms with Gasteiger partial charge >= 0.3 is 12.2 Å². The van der Waals surface area contributed by atoms with E-state index in [9.17, 15) is 13.2 Å². The quantitative estimate of drug-likeness (QED) is 0.456. The molecule has 2 aromatic rings. The fourth-order valence-corrected chi connectivity index (χ4v) is 2.78. The molecule has 2 rings (SSSR count). The van der Waals surface area contributed by atoms with Gasteiger partial charge in [-0.25, -0.2) is 4.98 Å². The minimum absolute atomic E-state index is 0.0516. The molecule has 0 saturated heterocycles. The van der Waals surface area contributed by atoms with E-state index in [1.54, 1.807) is 19.2 Å². The Balaban J connectivity index is 2.44. The lowest BCUT2D eigenvalue weighted by Gasteiger charge is -2.23. The van der Waals surface area contributed by atoms with Gasteiger partial charge in [0.2, 0.25) is 0 Å². The van der Waals surface area contributed by atoms with Crippen LogP contribution in [-0.4, -0.2) is 23.6 Å². The molecule has 0 aliphatic carbocycles. The summed E-state index contributed by atoms with van der Waals surface area (Å²) in [7, 11) is 1.55. The molecule has 0 bridgehead atoms. The molecule has 0 amide bonds. The van der Waals surface area contributed by atoms with E-state index >= 15 is 0 Å². The third-order valence-corrected chi connectivity index (χ3v) is 4.22. The average Bonchev–Trinajstić information content (AvgIpc) is 2.54. The van der Waals surface area contributed by atoms with Crippen LogP contribution in [0.4, 0.5) is 24.7 Å². The van der Waals surface area contributed by atoms with Crippen molar-refractivity contribution in [2.75, 3.05) is 18.6 Å². The average molecular weight is 451 g/mol. The molecule has 0 saturated carbocycles. The summed E-state index contributed by atoms with van der Waals surface area (Å²) in [6.07, 6.45) is -2.08. The molecular formula is C16H17F3IN3O. The van der Waals surface area contributed by atoms with Crippen molar-refractivity contribution >= 4 is 34.1 Å². The largest absolute Gasteiger partial charge is 0.463 e. The first kappa shape index (κ1) is 18.8. The highest BCUT2D eigenvalue weighted by atomic mass is 127. The van der Waals surface area contributed by atoms with Crippen LogP contribution < -0.4 is 9.64 Å². The van der Waals surface area contributed by atoms with Gasteiger partial charge in [0.05, 0.1) is 12.3 Å². The molecule has 0 aliphatic heterocycles. The Morgan fingerprint density at radius 2 is 1.96 bits per heavy atom. The van der Waals surface area contributed by atoms with E-state index in [2.05, 4.69) is 32.6 Å². The standard InChI is InChI=1S/C16H17F3IN3O/c1-3-4-9-24-15-21-10-11(16(17,18)19)14(22-15)23(2)13-8-6-5-7-12(13)20/h5-8,10H,3-4,9H2,1-2H3. The summed E-state index contributed by atoms with van der Waals surface area (Å²) in [5, 5.41) is 0. The van der Waals surface area contributed by atoms with Gasteiger partial charge in [0.25, 0.3) is 0 Å². The topological polar surface area (TPSA) is 38.2 Å². The molecule has 8 heteroatoms. The van der Waals surface area contributed by atoms with Gasteiger partial charge in [-0.05, 0) is 41.1 Å². The molecule has 1 aromatic carbocycles. The minimum Gasteiger partial charge on any atom is -0.463 e. The SMILES string of the molecule is CCCCOc1ncc(C(F)(F)F)c(N(C)c2ccccc2I)n1. The van der Waals surface area contributed by atoms with Crippen LogP contribution in [0.5, 0.6) is 6.01 Å². The molecule has 24 heavy (non-hydrogen) atoms. The van der Waals surface area contributed by atoms with Crippen LogP contribution in [0.1, 0.15) is 25.3 Å². The Morgan fingerprint density at radius 3 is 2.58 bits per heavy atom. The summed E-state index contributed by atoms with van der Waals surface area (Å²) in [5.41, 5.74) is -0.269. The van der Waals surface area contributed by atoms with E-state index in [1.807, 2.05) is 19.1 Å². The molecule has 1 heterocycles. The zero-order chi connectivity index (χ0) is 17.7. The maximum atomic E-state index is 13.3. The second-order valence-electron chi connectivity index (χ2n) is 5.10. The summed E-state index contributed by atoms with van der Waals surface area (Å²) < 4.78 is 46.1. The number of rotatable bonds is 6. The minimum atomic E-state index is -4.55. The van der Waals surface area contributed by atoms with Crippen molar-refractivity contribution < 1.29 is 17.9 Å². The van der Waals surface area contributed by atoms with Gasteiger partial charge in [-0.2, -0.15) is 18.2 Å². The monoisotopic (exact) mass is 451 g/mol. The Kier molecular flexibility index (Phi) is 6.25. The first-order valence-corrected chi connectivity index (χ1v) is 8.47. The molecule has 0 aliphatic rings. The number of hydrogen-bond donors (Lipinski definition) is 0. The van der Waals surface area contributed by atoms with Crippen molar-refractivity contribution in [2.24, 2.45) is 0 Å². The first-order valence-electron chi connectivity index (χ1n) is 7.40. The van der Waals surface area contributed by atoms with Crippen LogP contribution in [0.3, 0.4) is 0 Å². The highest BCUT2D eigenvalue weighted by molar-refractivity contribution is 14.1. The Morgan fingerprint density at radius 1 is 1.25 bits per heavy atom. The molecular weight excluding hydrogens is 434 g/mol. The maximum Gasteiger partial charge on any atom is 0.421 e. The molecule has 1 aromatic heterocycles. The highest BCUT2D eigenvalue weighted by Crippen LogP contribution is 2.38. The second-order valence-corrected chi connectivity index (χ2v) is 6.26. The number of ether oxygens (including phenoxy) is 1. The van der Waals surface area contributed by atoms with Crippen molar-refractivity contribution in [1.82, 2.24) is 9.97 Å². The molecule has 130 valence electrons. The number of aromatic nitrogens is 2. The van der Waals surface area contributed by atoms with E-state index in [4.69, 9.17) is 4.74 Å². The summed E-state index contributed by atoms with van der Waals surface area (Å²) in [4.78, 5) is 9.09. The van der Waals surface area contributed by atoms with E-state index in [0.717, 1.165) is 22.6 Å². The zero-order valence-electron chi connectivity index (χ0n) is 13.3. The predicted octanol–water partition coefficient (Wildman–Crippen LogP) is 5.05. The number of para-hydroxylation sites is 1. The van der Waals surface area contributed by atoms with Gasteiger partial charge in [-0.3, -0.25) is 0 Å². The van der Waals surface area contributed by atoms with Crippen LogP contribution in [0, 0.1) is 3.57 Å². The molecule has 4 nitrogen and oxygen atoms in total. The molecule has 0 atom stereocenters. The van der Waals surface area contributed by atoms with Gasteiger partial charge in [0, 0.05) is 16.8 Å². The number of unbranched alkanes of at least 4 members (excludes halogenated alkanes) is 1. The lowest BCUT2D eigenvalue weighted by atomic mass is 10.2. The number of anilines is 2. The Labute approximate surface area is 152 Å². The predicted molar refractivity (Wildman–Crippen MR) is 94.7 cm³/mol. The third-order valence-electron chi connectivity index (χ3n) is 3.31. The van der Waals surface area contributed by atoms with Crippen molar-refractivity contribution in [3.05, 3.63) is 39.6 Å². The lowest BCUT2D eigenvalue weighted by Crippen LogP contribution is -2.20. The second kappa shape index (κ2) is 8.00. The van der Waals surface area contributed by atoms with Crippen molar-refractivity contribution in [3.63, 3.8) is 0 Å². The number of hydrogen-bond acceptors (Lipinski definition) is 4. The van der Waals surface area contributed by atoms with Crippen LogP contribution in [0.15, 0.2) is 30.5 Å². The Hall–Kier alpha value is -1.58. The molecule has 0 fully saturated rings. The smallest absolute Gasteiger partial charge is 0.421 e. The van der Waals surface area contributed by atoms with Gasteiger partial charge < -0.3 is 9.64 Å². The Bertz CT molecular complexity index is 695. The fourth-order valence-electron chi connectivity index (χ4n) is 2.03. The number of benzene rings is 1. The molecule has 0 spiro atoms. The number of alkyl halides is 3. The van der Waals surface area contributed by atoms with Crippen molar-refractivity contribution in [3.8, 4) is 6.01 Å². The van der Waals surface area contributed by atoms with E-state index in [1.165, 1.54) is 4.90 Å². The molecule has 0 unspecified atom stereocenters. The number of halogens is 4. The van der Waals surface area contributed by atoms with Crippen molar-refractivity contribution in [1.29, 1.82) is 0 Å². The van der Waals surface area contributed by atoms with Crippen LogP contribution in [0.25, 0.3) is 0 Å². The van der Waals surface area contributed by atoms with Crippen LogP contribution in [0.2, 0.25) is 0 Å². The molecule has 0 radical (unpaired) electrons. The van der Waals surface area contributed by atoms with E-state index in [0.29, 0.717) is 12.3 Å². The van der Waals surface area contributed by atoms with Crippen LogP contribution in [-0.2, 0) is 6.18 Å². The highest BCUT2D eigenvalue weighted by Gasteiger charge is 2.37. The van der Waals surface area contributed by atoms with Crippen LogP contribution >= 0.6 is 22.6 Å². The zero-order valence-corrected chi connectivity index (χ0v) is 15.4. The van der Waals surface area contributed by atoms with Gasteiger partial charge in [0.1, 0.15) is 5.56 Å². The summed E-state index contributed by atoms with van der Waals surface area (Å²) in [6.45, 7) is 2.36. The van der Waals surface area contributed by atoms with Gasteiger partial charge in [-0.1, -0.05) is 25.5 Å². The summed E-state index contributed by atoms with van der Waals surface area (Å²) in [6, 6.07) is 7.09. The first-order chi connectivity index (χ1) is 11.3. The van der Waals surface area contributed by atoms with Crippen molar-refractivity contribution in [2.45, 2.75) is 25.9 Å². The van der Waals surface area contributed by atoms with E-state index < -0.39 is 11.7 Å². The number of nitrogens with zero attached hydrogens (tertiary/aromatic N) is 3.